The molecule has 0 aliphatic rings. The minimum Gasteiger partial charge on any atom is -0.482 e. The van der Waals surface area contributed by atoms with Gasteiger partial charge in [-0.2, -0.15) is 0 Å². The highest BCUT2D eigenvalue weighted by molar-refractivity contribution is 6.34. The minimum absolute atomic E-state index is 0.124. The predicted octanol–water partition coefficient (Wildman–Crippen LogP) is 4.93. The van der Waals surface area contributed by atoms with Crippen LogP contribution in [0.2, 0.25) is 10.0 Å². The zero-order valence-electron chi connectivity index (χ0n) is 11.7. The maximum absolute atomic E-state index is 6.03. The van der Waals surface area contributed by atoms with E-state index in [0.29, 0.717) is 27.6 Å². The zero-order chi connectivity index (χ0) is 15.5. The van der Waals surface area contributed by atoms with Crippen molar-refractivity contribution < 1.29 is 9.15 Å². The van der Waals surface area contributed by atoms with Gasteiger partial charge < -0.3 is 9.15 Å². The van der Waals surface area contributed by atoms with Gasteiger partial charge in [-0.3, -0.25) is 0 Å². The average Bonchev–Trinajstić information content (AvgIpc) is 2.98. The van der Waals surface area contributed by atoms with Gasteiger partial charge in [0.15, 0.2) is 6.61 Å². The van der Waals surface area contributed by atoms with Crippen molar-refractivity contribution in [1.82, 2.24) is 10.2 Å². The van der Waals surface area contributed by atoms with Gasteiger partial charge >= 0.3 is 0 Å². The summed E-state index contributed by atoms with van der Waals surface area (Å²) in [4.78, 5) is 0. The summed E-state index contributed by atoms with van der Waals surface area (Å²) in [6, 6.07) is 12.8. The van der Waals surface area contributed by atoms with Crippen molar-refractivity contribution >= 4 is 23.2 Å². The smallest absolute Gasteiger partial charge is 0.254 e. The average molecular weight is 335 g/mol. The summed E-state index contributed by atoms with van der Waals surface area (Å²) in [6.07, 6.45) is 0. The van der Waals surface area contributed by atoms with Gasteiger partial charge in [-0.1, -0.05) is 40.9 Å². The predicted molar refractivity (Wildman–Crippen MR) is 85.3 cm³/mol. The second-order valence-corrected chi connectivity index (χ2v) is 5.57. The Balaban J connectivity index is 1.72. The molecule has 0 amide bonds. The molecule has 0 spiro atoms. The van der Waals surface area contributed by atoms with E-state index in [2.05, 4.69) is 10.2 Å². The van der Waals surface area contributed by atoms with Crippen LogP contribution >= 0.6 is 23.2 Å². The summed E-state index contributed by atoms with van der Waals surface area (Å²) in [7, 11) is 0. The lowest BCUT2D eigenvalue weighted by atomic mass is 10.1. The van der Waals surface area contributed by atoms with Crippen LogP contribution in [0.15, 0.2) is 46.9 Å². The summed E-state index contributed by atoms with van der Waals surface area (Å²) in [5.74, 6) is 1.30. The Bertz CT molecular complexity index is 785. The molecular formula is C16H12Cl2N2O2. The topological polar surface area (TPSA) is 48.2 Å². The fourth-order valence-electron chi connectivity index (χ4n) is 1.85. The standard InChI is InChI=1S/C16H12Cl2N2O2/c1-10-2-4-11(5-3-10)16-20-19-15(22-16)9-21-14-8-12(17)6-7-13(14)18/h2-8H,9H2,1H3. The van der Waals surface area contributed by atoms with Gasteiger partial charge in [0.25, 0.3) is 5.89 Å². The van der Waals surface area contributed by atoms with Crippen LogP contribution in [0.3, 0.4) is 0 Å². The number of rotatable bonds is 4. The van der Waals surface area contributed by atoms with Crippen molar-refractivity contribution in [2.45, 2.75) is 13.5 Å². The maximum atomic E-state index is 6.03. The number of aromatic nitrogens is 2. The first kappa shape index (κ1) is 14.9. The number of nitrogens with zero attached hydrogens (tertiary/aromatic N) is 2. The van der Waals surface area contributed by atoms with Gasteiger partial charge in [-0.25, -0.2) is 0 Å². The highest BCUT2D eigenvalue weighted by atomic mass is 35.5. The molecule has 22 heavy (non-hydrogen) atoms. The van der Waals surface area contributed by atoms with Gasteiger partial charge in [0.05, 0.1) is 5.02 Å². The maximum Gasteiger partial charge on any atom is 0.254 e. The van der Waals surface area contributed by atoms with Crippen molar-refractivity contribution in [3.8, 4) is 17.2 Å². The molecule has 0 radical (unpaired) electrons. The molecule has 0 bridgehead atoms. The lowest BCUT2D eigenvalue weighted by molar-refractivity contribution is 0.264. The van der Waals surface area contributed by atoms with Gasteiger partial charge in [0.2, 0.25) is 5.89 Å². The molecule has 112 valence electrons. The van der Waals surface area contributed by atoms with Gasteiger partial charge in [0.1, 0.15) is 5.75 Å². The third kappa shape index (κ3) is 3.40. The van der Waals surface area contributed by atoms with Crippen molar-refractivity contribution in [2.75, 3.05) is 0 Å². The Morgan fingerprint density at radius 3 is 2.59 bits per heavy atom. The van der Waals surface area contributed by atoms with Gasteiger partial charge in [-0.05, 0) is 31.2 Å². The van der Waals surface area contributed by atoms with Crippen LogP contribution in [0.25, 0.3) is 11.5 Å². The van der Waals surface area contributed by atoms with Gasteiger partial charge in [-0.15, -0.1) is 10.2 Å². The minimum atomic E-state index is 0.124. The molecule has 0 aliphatic heterocycles. The summed E-state index contributed by atoms with van der Waals surface area (Å²) in [5, 5.41) is 9.00. The summed E-state index contributed by atoms with van der Waals surface area (Å²) >= 11 is 11.9. The molecule has 3 aromatic rings. The van der Waals surface area contributed by atoms with Crippen molar-refractivity contribution in [2.24, 2.45) is 0 Å². The normalized spacial score (nSPS) is 10.7. The van der Waals surface area contributed by atoms with E-state index >= 15 is 0 Å². The molecule has 3 rings (SSSR count). The number of hydrogen-bond donors (Lipinski definition) is 0. The van der Waals surface area contributed by atoms with Crippen LogP contribution in [0, 0.1) is 6.92 Å². The third-order valence-corrected chi connectivity index (χ3v) is 3.56. The van der Waals surface area contributed by atoms with E-state index in [4.69, 9.17) is 32.4 Å². The molecule has 6 heteroatoms. The quantitative estimate of drug-likeness (QED) is 0.678. The van der Waals surface area contributed by atoms with Crippen molar-refractivity contribution in [3.63, 3.8) is 0 Å². The van der Waals surface area contributed by atoms with Gasteiger partial charge in [0, 0.05) is 16.7 Å². The Hall–Kier alpha value is -2.04. The molecule has 0 unspecified atom stereocenters. The molecule has 0 atom stereocenters. The van der Waals surface area contributed by atoms with Crippen LogP contribution in [0.4, 0.5) is 0 Å². The Kier molecular flexibility index (Phi) is 4.32. The second kappa shape index (κ2) is 6.38. The molecule has 0 saturated carbocycles. The SMILES string of the molecule is Cc1ccc(-c2nnc(COc3cc(Cl)ccc3Cl)o2)cc1. The number of benzene rings is 2. The van der Waals surface area contributed by atoms with Crippen LogP contribution in [0.5, 0.6) is 5.75 Å². The molecule has 0 saturated heterocycles. The number of aryl methyl sites for hydroxylation is 1. The van der Waals surface area contributed by atoms with Crippen LogP contribution in [-0.2, 0) is 6.61 Å². The fourth-order valence-corrected chi connectivity index (χ4v) is 2.19. The Morgan fingerprint density at radius 1 is 1.05 bits per heavy atom. The first-order valence-corrected chi connectivity index (χ1v) is 7.35. The van der Waals surface area contributed by atoms with Crippen molar-refractivity contribution in [1.29, 1.82) is 0 Å². The molecule has 0 fully saturated rings. The van der Waals surface area contributed by atoms with E-state index in [9.17, 15) is 0 Å². The summed E-state index contributed by atoms with van der Waals surface area (Å²) in [5.41, 5.74) is 2.03. The first-order valence-electron chi connectivity index (χ1n) is 6.59. The molecule has 1 heterocycles. The molecule has 2 aromatic carbocycles. The molecule has 0 aliphatic carbocycles. The largest absolute Gasteiger partial charge is 0.482 e. The molecular weight excluding hydrogens is 323 g/mol. The highest BCUT2D eigenvalue weighted by Crippen LogP contribution is 2.28. The number of hydrogen-bond acceptors (Lipinski definition) is 4. The highest BCUT2D eigenvalue weighted by Gasteiger charge is 2.10. The van der Waals surface area contributed by atoms with Crippen molar-refractivity contribution in [3.05, 3.63) is 64.0 Å². The van der Waals surface area contributed by atoms with E-state index < -0.39 is 0 Å². The van der Waals surface area contributed by atoms with Crippen LogP contribution < -0.4 is 4.74 Å². The van der Waals surface area contributed by atoms with Crippen LogP contribution in [0.1, 0.15) is 11.5 Å². The first-order chi connectivity index (χ1) is 10.6. The van der Waals surface area contributed by atoms with E-state index in [1.54, 1.807) is 18.2 Å². The second-order valence-electron chi connectivity index (χ2n) is 4.73. The molecule has 0 N–H and O–H groups in total. The Morgan fingerprint density at radius 2 is 1.82 bits per heavy atom. The van der Waals surface area contributed by atoms with E-state index in [0.717, 1.165) is 5.56 Å². The van der Waals surface area contributed by atoms with E-state index in [1.165, 1.54) is 5.56 Å². The van der Waals surface area contributed by atoms with E-state index in [-0.39, 0.29) is 6.61 Å². The molecule has 1 aromatic heterocycles. The number of ether oxygens (including phenoxy) is 1. The monoisotopic (exact) mass is 334 g/mol. The zero-order valence-corrected chi connectivity index (χ0v) is 13.2. The van der Waals surface area contributed by atoms with E-state index in [1.807, 2.05) is 31.2 Å². The summed E-state index contributed by atoms with van der Waals surface area (Å²) in [6.45, 7) is 2.14. The fraction of sp³-hybridized carbons (Fsp3) is 0.125. The number of halogens is 2. The Labute approximate surface area is 137 Å². The lowest BCUT2D eigenvalue weighted by Gasteiger charge is -2.05. The lowest BCUT2D eigenvalue weighted by Crippen LogP contribution is -1.96. The summed E-state index contributed by atoms with van der Waals surface area (Å²) < 4.78 is 11.1. The third-order valence-electron chi connectivity index (χ3n) is 3.01. The molecule has 4 nitrogen and oxygen atoms in total. The van der Waals surface area contributed by atoms with Crippen LogP contribution in [-0.4, -0.2) is 10.2 Å².